The monoisotopic (exact) mass is 554 g/mol. The molecule has 0 fully saturated rings. The summed E-state index contributed by atoms with van der Waals surface area (Å²) in [5.74, 6) is -0.342. The highest BCUT2D eigenvalue weighted by Crippen LogP contribution is 2.37. The van der Waals surface area contributed by atoms with Crippen molar-refractivity contribution < 1.29 is 19.1 Å². The maximum absolute atomic E-state index is 12.7. The Labute approximate surface area is 229 Å². The van der Waals surface area contributed by atoms with Crippen molar-refractivity contribution in [1.29, 1.82) is 0 Å². The molecular weight excluding hydrogens is 531 g/mol. The first-order valence-electron chi connectivity index (χ1n) is 11.4. The molecule has 0 aliphatic rings. The number of carbonyl (C=O) groups excluding carboxylic acids is 2. The Morgan fingerprint density at radius 3 is 2.32 bits per heavy atom. The average molecular weight is 555 g/mol. The van der Waals surface area contributed by atoms with Crippen LogP contribution in [0, 0.1) is 6.92 Å². The van der Waals surface area contributed by atoms with Crippen molar-refractivity contribution in [2.24, 2.45) is 0 Å². The van der Waals surface area contributed by atoms with Gasteiger partial charge in [-0.1, -0.05) is 77.8 Å². The quantitative estimate of drug-likeness (QED) is 0.233. The Morgan fingerprint density at radius 1 is 0.973 bits per heavy atom. The number of rotatable bonds is 7. The molecule has 1 aromatic heterocycles. The van der Waals surface area contributed by atoms with Crippen molar-refractivity contribution in [3.05, 3.63) is 93.6 Å². The van der Waals surface area contributed by atoms with Gasteiger partial charge >= 0.3 is 12.1 Å². The van der Waals surface area contributed by atoms with Crippen LogP contribution >= 0.6 is 34.7 Å². The molecule has 0 spiro atoms. The van der Waals surface area contributed by atoms with E-state index in [1.54, 1.807) is 13.0 Å². The smallest absolute Gasteiger partial charge is 0.412 e. The zero-order valence-corrected chi connectivity index (χ0v) is 22.7. The number of carbonyl (C=O) groups is 2. The molecule has 0 aliphatic heterocycles. The highest BCUT2D eigenvalue weighted by atomic mass is 35.5. The van der Waals surface area contributed by atoms with E-state index in [-0.39, 0.29) is 12.4 Å². The molecule has 4 aromatic rings. The van der Waals surface area contributed by atoms with Crippen LogP contribution in [0.4, 0.5) is 10.5 Å². The molecule has 0 bridgehead atoms. The molecular formula is C28H24Cl2N2O4S. The summed E-state index contributed by atoms with van der Waals surface area (Å²) in [5, 5.41) is 3.89. The number of hydrogen-bond acceptors (Lipinski definition) is 6. The fourth-order valence-electron chi connectivity index (χ4n) is 3.79. The summed E-state index contributed by atoms with van der Waals surface area (Å²) in [4.78, 5) is 25.1. The number of methoxy groups -OCH3 is 1. The second kappa shape index (κ2) is 11.8. The van der Waals surface area contributed by atoms with E-state index in [9.17, 15) is 9.59 Å². The predicted octanol–water partition coefficient (Wildman–Crippen LogP) is 8.12. The molecule has 1 heterocycles. The van der Waals surface area contributed by atoms with Gasteiger partial charge in [-0.15, -0.1) is 0 Å². The van der Waals surface area contributed by atoms with Crippen molar-refractivity contribution in [2.45, 2.75) is 26.4 Å². The summed E-state index contributed by atoms with van der Waals surface area (Å²) >= 11 is 13.9. The number of nitrogens with zero attached hydrogens (tertiary/aromatic N) is 1. The molecule has 37 heavy (non-hydrogen) atoms. The van der Waals surface area contributed by atoms with Crippen molar-refractivity contribution in [2.75, 3.05) is 12.4 Å². The number of esters is 1. The van der Waals surface area contributed by atoms with Crippen LogP contribution in [0.15, 0.2) is 66.7 Å². The minimum Gasteiger partial charge on any atom is -0.469 e. The lowest BCUT2D eigenvalue weighted by Gasteiger charge is -2.16. The standard InChI is InChI=1S/C28H24Cl2N2O4S/c1-16-26(31-28(34)36-17(2)22-6-4-5-7-23(22)29)27(37-32-16)19-10-8-18(9-11-19)20-12-13-21(24(30)14-20)15-25(33)35-3/h4-14,17H,15H2,1-3H3,(H,31,34)/t17-/m1/s1. The van der Waals surface area contributed by atoms with E-state index in [4.69, 9.17) is 32.7 Å². The fraction of sp³-hybridized carbons (Fsp3) is 0.179. The van der Waals surface area contributed by atoms with E-state index in [1.807, 2.05) is 67.6 Å². The first-order chi connectivity index (χ1) is 17.8. The summed E-state index contributed by atoms with van der Waals surface area (Å²) in [7, 11) is 1.35. The van der Waals surface area contributed by atoms with Gasteiger partial charge in [-0.2, -0.15) is 4.37 Å². The number of benzene rings is 3. The van der Waals surface area contributed by atoms with E-state index in [2.05, 4.69) is 9.69 Å². The summed E-state index contributed by atoms with van der Waals surface area (Å²) in [5.41, 5.74) is 5.51. The van der Waals surface area contributed by atoms with Crippen LogP contribution in [-0.4, -0.2) is 23.5 Å². The van der Waals surface area contributed by atoms with E-state index in [0.29, 0.717) is 27.0 Å². The summed E-state index contributed by atoms with van der Waals surface area (Å²) in [6.07, 6.45) is -0.987. The average Bonchev–Trinajstić information content (AvgIpc) is 3.25. The Kier molecular flexibility index (Phi) is 8.48. The molecule has 3 aromatic carbocycles. The third-order valence-electron chi connectivity index (χ3n) is 5.81. The minimum atomic E-state index is -0.588. The molecule has 0 saturated carbocycles. The predicted molar refractivity (Wildman–Crippen MR) is 148 cm³/mol. The van der Waals surface area contributed by atoms with E-state index in [0.717, 1.165) is 27.1 Å². The van der Waals surface area contributed by atoms with Crippen molar-refractivity contribution in [3.8, 4) is 21.6 Å². The molecule has 0 saturated heterocycles. The fourth-order valence-corrected chi connectivity index (χ4v) is 5.17. The maximum atomic E-state index is 12.7. The molecule has 0 radical (unpaired) electrons. The van der Waals surface area contributed by atoms with Gasteiger partial charge in [0.2, 0.25) is 0 Å². The number of anilines is 1. The molecule has 190 valence electrons. The van der Waals surface area contributed by atoms with Crippen LogP contribution in [0.3, 0.4) is 0 Å². The van der Waals surface area contributed by atoms with Crippen molar-refractivity contribution in [1.82, 2.24) is 4.37 Å². The molecule has 9 heteroatoms. The third-order valence-corrected chi connectivity index (χ3v) is 7.50. The van der Waals surface area contributed by atoms with Gasteiger partial charge in [0.1, 0.15) is 6.10 Å². The van der Waals surface area contributed by atoms with Gasteiger partial charge in [0.25, 0.3) is 0 Å². The number of nitrogens with one attached hydrogen (secondary N) is 1. The summed E-state index contributed by atoms with van der Waals surface area (Å²) in [6, 6.07) is 20.7. The summed E-state index contributed by atoms with van der Waals surface area (Å²) < 4.78 is 14.7. The van der Waals surface area contributed by atoms with Crippen LogP contribution in [0.5, 0.6) is 0 Å². The zero-order valence-electron chi connectivity index (χ0n) is 20.4. The van der Waals surface area contributed by atoms with Crippen LogP contribution < -0.4 is 5.32 Å². The van der Waals surface area contributed by atoms with Gasteiger partial charge in [-0.25, -0.2) is 4.79 Å². The van der Waals surface area contributed by atoms with Crippen LogP contribution in [0.1, 0.15) is 29.8 Å². The van der Waals surface area contributed by atoms with E-state index >= 15 is 0 Å². The lowest BCUT2D eigenvalue weighted by atomic mass is 10.0. The number of amides is 1. The van der Waals surface area contributed by atoms with Gasteiger partial charge in [0.15, 0.2) is 0 Å². The molecule has 1 N–H and O–H groups in total. The zero-order chi connectivity index (χ0) is 26.5. The topological polar surface area (TPSA) is 77.5 Å². The Morgan fingerprint density at radius 2 is 1.65 bits per heavy atom. The number of aromatic nitrogens is 1. The first kappa shape index (κ1) is 26.7. The molecule has 0 unspecified atom stereocenters. The van der Waals surface area contributed by atoms with Gasteiger partial charge < -0.3 is 9.47 Å². The Hall–Kier alpha value is -3.39. The lowest BCUT2D eigenvalue weighted by Crippen LogP contribution is -2.16. The highest BCUT2D eigenvalue weighted by Gasteiger charge is 2.19. The Bertz CT molecular complexity index is 1440. The van der Waals surface area contributed by atoms with Crippen LogP contribution in [-0.2, 0) is 20.7 Å². The second-order valence-electron chi connectivity index (χ2n) is 8.30. The van der Waals surface area contributed by atoms with Gasteiger partial charge in [0, 0.05) is 15.6 Å². The van der Waals surface area contributed by atoms with Crippen molar-refractivity contribution in [3.63, 3.8) is 0 Å². The SMILES string of the molecule is COC(=O)Cc1ccc(-c2ccc(-c3snc(C)c3NC(=O)O[C@H](C)c3ccccc3Cl)cc2)cc1Cl. The van der Waals surface area contributed by atoms with Crippen molar-refractivity contribution >= 4 is 52.5 Å². The Balaban J connectivity index is 1.49. The third kappa shape index (κ3) is 6.31. The lowest BCUT2D eigenvalue weighted by molar-refractivity contribution is -0.139. The number of halogens is 2. The molecule has 0 aliphatic carbocycles. The van der Waals surface area contributed by atoms with E-state index < -0.39 is 12.2 Å². The van der Waals surface area contributed by atoms with E-state index in [1.165, 1.54) is 18.6 Å². The minimum absolute atomic E-state index is 0.120. The van der Waals surface area contributed by atoms with Crippen LogP contribution in [0.2, 0.25) is 10.0 Å². The van der Waals surface area contributed by atoms with Crippen LogP contribution in [0.25, 0.3) is 21.6 Å². The second-order valence-corrected chi connectivity index (χ2v) is 9.89. The molecule has 4 rings (SSSR count). The largest absolute Gasteiger partial charge is 0.469 e. The number of hydrogen-bond donors (Lipinski definition) is 1. The maximum Gasteiger partial charge on any atom is 0.412 e. The number of aryl methyl sites for hydroxylation is 1. The van der Waals surface area contributed by atoms with Gasteiger partial charge in [-0.3, -0.25) is 10.1 Å². The highest BCUT2D eigenvalue weighted by molar-refractivity contribution is 7.10. The van der Waals surface area contributed by atoms with Gasteiger partial charge in [-0.05, 0) is 59.8 Å². The van der Waals surface area contributed by atoms with Gasteiger partial charge in [0.05, 0.1) is 29.8 Å². The molecule has 1 atom stereocenters. The molecule has 1 amide bonds. The normalized spacial score (nSPS) is 11.6. The first-order valence-corrected chi connectivity index (χ1v) is 12.9. The summed E-state index contributed by atoms with van der Waals surface area (Å²) in [6.45, 7) is 3.60. The number of ether oxygens (including phenoxy) is 2. The molecule has 6 nitrogen and oxygen atoms in total.